The van der Waals surface area contributed by atoms with Crippen LogP contribution in [0.15, 0.2) is 40.8 Å². The summed E-state index contributed by atoms with van der Waals surface area (Å²) in [4.78, 5) is 1.39. The van der Waals surface area contributed by atoms with Crippen molar-refractivity contribution in [1.82, 2.24) is 5.32 Å². The van der Waals surface area contributed by atoms with E-state index in [0.29, 0.717) is 6.04 Å². The third kappa shape index (κ3) is 3.18. The predicted octanol–water partition coefficient (Wildman–Crippen LogP) is 4.56. The minimum Gasteiger partial charge on any atom is -0.310 e. The second-order valence-electron chi connectivity index (χ2n) is 4.84. The molecule has 1 atom stereocenters. The van der Waals surface area contributed by atoms with Crippen molar-refractivity contribution in [2.45, 2.75) is 43.0 Å². The minimum absolute atomic E-state index is 0.395. The molecule has 1 aliphatic rings. The zero-order valence-corrected chi connectivity index (χ0v) is 12.2. The highest BCUT2D eigenvalue weighted by Gasteiger charge is 2.18. The van der Waals surface area contributed by atoms with E-state index in [0.717, 1.165) is 0 Å². The van der Waals surface area contributed by atoms with Crippen molar-refractivity contribution < 1.29 is 0 Å². The predicted molar refractivity (Wildman–Crippen MR) is 81.2 cm³/mol. The van der Waals surface area contributed by atoms with Crippen LogP contribution in [0.5, 0.6) is 0 Å². The smallest absolute Gasteiger partial charge is 0.0544 e. The van der Waals surface area contributed by atoms with Crippen molar-refractivity contribution >= 4 is 11.8 Å². The van der Waals surface area contributed by atoms with Gasteiger partial charge in [-0.15, -0.1) is 11.8 Å². The summed E-state index contributed by atoms with van der Waals surface area (Å²) in [7, 11) is 2.08. The maximum Gasteiger partial charge on any atom is 0.0544 e. The standard InChI is InChI=1S/C16H23NS/c1-17-16(13-9-5-3-4-6-10-13)14-11-7-8-12-15(14)18-2/h7-9,11-12,16-17H,3-6,10H2,1-2H3. The SMILES string of the molecule is CNC(C1=CCCCCC1)c1ccccc1SC. The van der Waals surface area contributed by atoms with E-state index in [1.807, 2.05) is 11.8 Å². The summed E-state index contributed by atoms with van der Waals surface area (Å²) in [6.45, 7) is 0. The molecule has 2 heteroatoms. The van der Waals surface area contributed by atoms with Gasteiger partial charge in [0.15, 0.2) is 0 Å². The summed E-state index contributed by atoms with van der Waals surface area (Å²) in [5.41, 5.74) is 3.01. The highest BCUT2D eigenvalue weighted by molar-refractivity contribution is 7.98. The van der Waals surface area contributed by atoms with Gasteiger partial charge in [-0.05, 0) is 50.6 Å². The van der Waals surface area contributed by atoms with Crippen LogP contribution < -0.4 is 5.32 Å². The monoisotopic (exact) mass is 261 g/mol. The lowest BCUT2D eigenvalue weighted by atomic mass is 9.95. The fourth-order valence-corrected chi connectivity index (χ4v) is 3.38. The van der Waals surface area contributed by atoms with Crippen molar-refractivity contribution in [3.8, 4) is 0 Å². The molecule has 0 aliphatic heterocycles. The van der Waals surface area contributed by atoms with Gasteiger partial charge in [-0.25, -0.2) is 0 Å². The van der Waals surface area contributed by atoms with Crippen molar-refractivity contribution in [2.75, 3.05) is 13.3 Å². The fraction of sp³-hybridized carbons (Fsp3) is 0.500. The van der Waals surface area contributed by atoms with Crippen molar-refractivity contribution in [3.05, 3.63) is 41.5 Å². The quantitative estimate of drug-likeness (QED) is 0.630. The van der Waals surface area contributed by atoms with Gasteiger partial charge in [0, 0.05) is 4.90 Å². The molecule has 1 unspecified atom stereocenters. The Kier molecular flexibility index (Phi) is 5.33. The molecule has 0 saturated carbocycles. The van der Waals surface area contributed by atoms with Gasteiger partial charge in [0.2, 0.25) is 0 Å². The second-order valence-corrected chi connectivity index (χ2v) is 5.69. The van der Waals surface area contributed by atoms with Gasteiger partial charge in [-0.2, -0.15) is 0 Å². The van der Waals surface area contributed by atoms with Crippen LogP contribution in [0.2, 0.25) is 0 Å². The molecule has 2 rings (SSSR count). The van der Waals surface area contributed by atoms with E-state index in [1.165, 1.54) is 42.6 Å². The molecule has 1 nitrogen and oxygen atoms in total. The third-order valence-electron chi connectivity index (χ3n) is 3.69. The highest BCUT2D eigenvalue weighted by atomic mass is 32.2. The number of hydrogen-bond acceptors (Lipinski definition) is 2. The Hall–Kier alpha value is -0.730. The second kappa shape index (κ2) is 7.01. The Labute approximate surface area is 115 Å². The van der Waals surface area contributed by atoms with Crippen LogP contribution in [0.25, 0.3) is 0 Å². The van der Waals surface area contributed by atoms with Gasteiger partial charge in [0.1, 0.15) is 0 Å². The van der Waals surface area contributed by atoms with E-state index >= 15 is 0 Å². The van der Waals surface area contributed by atoms with E-state index < -0.39 is 0 Å². The molecular formula is C16H23NS. The number of likely N-dealkylation sites (N-methyl/N-ethyl adjacent to an activating group) is 1. The normalized spacial score (nSPS) is 18.0. The Morgan fingerprint density at radius 2 is 2.00 bits per heavy atom. The largest absolute Gasteiger partial charge is 0.310 e. The molecule has 1 aliphatic carbocycles. The summed E-state index contributed by atoms with van der Waals surface area (Å²) in [5, 5.41) is 3.51. The Bertz CT molecular complexity index is 411. The molecule has 0 heterocycles. The molecule has 0 fully saturated rings. The van der Waals surface area contributed by atoms with Gasteiger partial charge in [0.25, 0.3) is 0 Å². The maximum absolute atomic E-state index is 3.51. The maximum atomic E-state index is 3.51. The Morgan fingerprint density at radius 3 is 2.78 bits per heavy atom. The lowest BCUT2D eigenvalue weighted by Crippen LogP contribution is -2.19. The molecule has 0 amide bonds. The first-order valence-corrected chi connectivity index (χ1v) is 8.08. The summed E-state index contributed by atoms with van der Waals surface area (Å²) in [5.74, 6) is 0. The first-order chi connectivity index (χ1) is 8.86. The zero-order chi connectivity index (χ0) is 12.8. The molecule has 98 valence electrons. The van der Waals surface area contributed by atoms with Crippen LogP contribution in [-0.4, -0.2) is 13.3 Å². The number of rotatable bonds is 4. The Morgan fingerprint density at radius 1 is 1.17 bits per heavy atom. The van der Waals surface area contributed by atoms with E-state index in [1.54, 1.807) is 5.57 Å². The number of thioether (sulfide) groups is 1. The molecule has 1 aromatic rings. The third-order valence-corrected chi connectivity index (χ3v) is 4.50. The highest BCUT2D eigenvalue weighted by Crippen LogP contribution is 2.33. The molecular weight excluding hydrogens is 238 g/mol. The van der Waals surface area contributed by atoms with Gasteiger partial charge >= 0.3 is 0 Å². The summed E-state index contributed by atoms with van der Waals surface area (Å²) >= 11 is 1.84. The van der Waals surface area contributed by atoms with Crippen LogP contribution in [0, 0.1) is 0 Å². The van der Waals surface area contributed by atoms with Gasteiger partial charge in [-0.1, -0.05) is 36.3 Å². The number of hydrogen-bond donors (Lipinski definition) is 1. The van der Waals surface area contributed by atoms with Gasteiger partial charge in [0.05, 0.1) is 6.04 Å². The van der Waals surface area contributed by atoms with E-state index in [2.05, 4.69) is 49.0 Å². The van der Waals surface area contributed by atoms with Crippen molar-refractivity contribution in [3.63, 3.8) is 0 Å². The van der Waals surface area contributed by atoms with Crippen LogP contribution in [0.1, 0.15) is 43.7 Å². The van der Waals surface area contributed by atoms with Crippen LogP contribution in [0.4, 0.5) is 0 Å². The van der Waals surface area contributed by atoms with E-state index in [-0.39, 0.29) is 0 Å². The molecule has 1 N–H and O–H groups in total. The topological polar surface area (TPSA) is 12.0 Å². The summed E-state index contributed by atoms with van der Waals surface area (Å²) < 4.78 is 0. The molecule has 18 heavy (non-hydrogen) atoms. The molecule has 0 spiro atoms. The number of benzene rings is 1. The summed E-state index contributed by atoms with van der Waals surface area (Å²) in [6.07, 6.45) is 11.2. The molecule has 0 aromatic heterocycles. The average molecular weight is 261 g/mol. The zero-order valence-electron chi connectivity index (χ0n) is 11.4. The first kappa shape index (κ1) is 13.7. The van der Waals surface area contributed by atoms with Crippen LogP contribution in [-0.2, 0) is 0 Å². The molecule has 1 aromatic carbocycles. The van der Waals surface area contributed by atoms with Crippen molar-refractivity contribution in [2.24, 2.45) is 0 Å². The molecule has 0 saturated heterocycles. The molecule has 0 radical (unpaired) electrons. The van der Waals surface area contributed by atoms with Crippen LogP contribution in [0.3, 0.4) is 0 Å². The van der Waals surface area contributed by atoms with Gasteiger partial charge < -0.3 is 5.32 Å². The lowest BCUT2D eigenvalue weighted by molar-refractivity contribution is 0.621. The van der Waals surface area contributed by atoms with Gasteiger partial charge in [-0.3, -0.25) is 0 Å². The fourth-order valence-electron chi connectivity index (χ4n) is 2.75. The van der Waals surface area contributed by atoms with E-state index in [4.69, 9.17) is 0 Å². The average Bonchev–Trinajstić information content (AvgIpc) is 2.69. The minimum atomic E-state index is 0.395. The number of nitrogens with one attached hydrogen (secondary N) is 1. The first-order valence-electron chi connectivity index (χ1n) is 6.86. The van der Waals surface area contributed by atoms with E-state index in [9.17, 15) is 0 Å². The lowest BCUT2D eigenvalue weighted by Gasteiger charge is -2.22. The van der Waals surface area contributed by atoms with Crippen molar-refractivity contribution in [1.29, 1.82) is 0 Å². The van der Waals surface area contributed by atoms with Crippen LogP contribution >= 0.6 is 11.8 Å². The summed E-state index contributed by atoms with van der Waals surface area (Å²) in [6, 6.07) is 9.16. The Balaban J connectivity index is 2.29. The molecule has 0 bridgehead atoms. The number of allylic oxidation sites excluding steroid dienone is 1.